The Morgan fingerprint density at radius 3 is 2.48 bits per heavy atom. The summed E-state index contributed by atoms with van der Waals surface area (Å²) in [5.74, 6) is 0.677. The summed E-state index contributed by atoms with van der Waals surface area (Å²) in [5, 5.41) is 6.29. The summed E-state index contributed by atoms with van der Waals surface area (Å²) >= 11 is 0. The Balaban J connectivity index is 0.00000161. The molecule has 3 unspecified atom stereocenters. The van der Waals surface area contributed by atoms with Crippen LogP contribution in [-0.4, -0.2) is 48.4 Å². The number of likely N-dealkylation sites (tertiary alicyclic amines) is 1. The SMILES string of the molecule is CNC(=O)C1CCCN1C(=O)CC1CC2CCC(C1)N2.Cl. The van der Waals surface area contributed by atoms with E-state index < -0.39 is 0 Å². The van der Waals surface area contributed by atoms with E-state index in [-0.39, 0.29) is 30.3 Å². The molecule has 6 heteroatoms. The van der Waals surface area contributed by atoms with Crippen LogP contribution in [0.15, 0.2) is 0 Å². The molecule has 5 nitrogen and oxygen atoms in total. The van der Waals surface area contributed by atoms with Gasteiger partial charge in [0.1, 0.15) is 6.04 Å². The molecule has 0 aromatic carbocycles. The van der Waals surface area contributed by atoms with Crippen LogP contribution in [-0.2, 0) is 9.59 Å². The topological polar surface area (TPSA) is 61.4 Å². The summed E-state index contributed by atoms with van der Waals surface area (Å²) in [6.45, 7) is 0.745. The van der Waals surface area contributed by atoms with Crippen molar-refractivity contribution in [2.24, 2.45) is 5.92 Å². The van der Waals surface area contributed by atoms with Gasteiger partial charge in [-0.15, -0.1) is 12.4 Å². The van der Waals surface area contributed by atoms with Crippen LogP contribution < -0.4 is 10.6 Å². The van der Waals surface area contributed by atoms with Gasteiger partial charge < -0.3 is 15.5 Å². The maximum atomic E-state index is 12.5. The molecule has 3 rings (SSSR count). The van der Waals surface area contributed by atoms with Crippen molar-refractivity contribution in [3.63, 3.8) is 0 Å². The van der Waals surface area contributed by atoms with E-state index in [1.165, 1.54) is 12.8 Å². The third-order valence-corrected chi connectivity index (χ3v) is 5.16. The molecule has 3 aliphatic heterocycles. The number of rotatable bonds is 3. The predicted octanol–water partition coefficient (Wildman–Crippen LogP) is 1.07. The number of hydrogen-bond donors (Lipinski definition) is 2. The molecule has 3 fully saturated rings. The third-order valence-electron chi connectivity index (χ3n) is 5.16. The second kappa shape index (κ2) is 6.97. The molecule has 3 aliphatic rings. The largest absolute Gasteiger partial charge is 0.357 e. The van der Waals surface area contributed by atoms with Crippen molar-refractivity contribution in [1.82, 2.24) is 15.5 Å². The minimum atomic E-state index is -0.231. The summed E-state index contributed by atoms with van der Waals surface area (Å²) in [6.07, 6.45) is 7.16. The number of carbonyl (C=O) groups is 2. The van der Waals surface area contributed by atoms with Crippen molar-refractivity contribution in [2.45, 2.75) is 63.1 Å². The fraction of sp³-hybridized carbons (Fsp3) is 0.867. The van der Waals surface area contributed by atoms with Crippen molar-refractivity contribution in [3.8, 4) is 0 Å². The first-order valence-electron chi connectivity index (χ1n) is 7.94. The Hall–Kier alpha value is -0.810. The van der Waals surface area contributed by atoms with Crippen LogP contribution in [0.4, 0.5) is 0 Å². The first-order chi connectivity index (χ1) is 9.67. The van der Waals surface area contributed by atoms with Crippen LogP contribution in [0.3, 0.4) is 0 Å². The molecular weight excluding hydrogens is 290 g/mol. The smallest absolute Gasteiger partial charge is 0.242 e. The van der Waals surface area contributed by atoms with Gasteiger partial charge in [0.15, 0.2) is 0 Å². The van der Waals surface area contributed by atoms with Gasteiger partial charge in [0.25, 0.3) is 0 Å². The van der Waals surface area contributed by atoms with Gasteiger partial charge in [0.05, 0.1) is 0 Å². The molecule has 2 bridgehead atoms. The molecule has 0 aliphatic carbocycles. The van der Waals surface area contributed by atoms with Gasteiger partial charge in [-0.05, 0) is 44.4 Å². The molecule has 2 amide bonds. The minimum Gasteiger partial charge on any atom is -0.357 e. The third kappa shape index (κ3) is 3.51. The van der Waals surface area contributed by atoms with Crippen LogP contribution in [0.2, 0.25) is 0 Å². The molecule has 2 N–H and O–H groups in total. The van der Waals surface area contributed by atoms with Crippen molar-refractivity contribution in [3.05, 3.63) is 0 Å². The second-order valence-corrected chi connectivity index (χ2v) is 6.54. The fourth-order valence-corrected chi connectivity index (χ4v) is 4.21. The first kappa shape index (κ1) is 16.6. The van der Waals surface area contributed by atoms with Gasteiger partial charge in [-0.2, -0.15) is 0 Å². The van der Waals surface area contributed by atoms with Crippen LogP contribution >= 0.6 is 12.4 Å². The highest BCUT2D eigenvalue weighted by molar-refractivity contribution is 5.88. The maximum absolute atomic E-state index is 12.5. The number of amides is 2. The molecule has 0 saturated carbocycles. The monoisotopic (exact) mass is 315 g/mol. The van der Waals surface area contributed by atoms with Gasteiger partial charge in [-0.25, -0.2) is 0 Å². The van der Waals surface area contributed by atoms with E-state index in [2.05, 4.69) is 10.6 Å². The van der Waals surface area contributed by atoms with Crippen molar-refractivity contribution in [2.75, 3.05) is 13.6 Å². The van der Waals surface area contributed by atoms with Gasteiger partial charge in [0, 0.05) is 32.1 Å². The van der Waals surface area contributed by atoms with E-state index >= 15 is 0 Å². The van der Waals surface area contributed by atoms with E-state index in [1.807, 2.05) is 4.90 Å². The minimum absolute atomic E-state index is 0. The number of hydrogen-bond acceptors (Lipinski definition) is 3. The highest BCUT2D eigenvalue weighted by Gasteiger charge is 2.37. The van der Waals surface area contributed by atoms with Gasteiger partial charge in [-0.3, -0.25) is 9.59 Å². The average Bonchev–Trinajstić information content (AvgIpc) is 3.05. The zero-order valence-corrected chi connectivity index (χ0v) is 13.5. The number of carbonyl (C=O) groups excluding carboxylic acids is 2. The second-order valence-electron chi connectivity index (χ2n) is 6.54. The first-order valence-corrected chi connectivity index (χ1v) is 7.94. The molecule has 3 heterocycles. The molecule has 3 saturated heterocycles. The van der Waals surface area contributed by atoms with Gasteiger partial charge in [0.2, 0.25) is 11.8 Å². The van der Waals surface area contributed by atoms with E-state index in [0.29, 0.717) is 24.4 Å². The van der Waals surface area contributed by atoms with E-state index in [4.69, 9.17) is 0 Å². The molecule has 0 spiro atoms. The standard InChI is InChI=1S/C15H25N3O2.ClH/c1-16-15(20)13-3-2-6-18(13)14(19)9-10-7-11-4-5-12(8-10)17-11;/h10-13,17H,2-9H2,1H3,(H,16,20);1H. The molecular formula is C15H26ClN3O2. The molecule has 21 heavy (non-hydrogen) atoms. The Kier molecular flexibility index (Phi) is 5.49. The van der Waals surface area contributed by atoms with Crippen molar-refractivity contribution in [1.29, 1.82) is 0 Å². The summed E-state index contributed by atoms with van der Waals surface area (Å²) < 4.78 is 0. The normalized spacial score (nSPS) is 34.4. The molecule has 120 valence electrons. The molecule has 0 radical (unpaired) electrons. The molecule has 3 atom stereocenters. The Morgan fingerprint density at radius 2 is 1.86 bits per heavy atom. The van der Waals surface area contributed by atoms with Crippen LogP contribution in [0.5, 0.6) is 0 Å². The van der Waals surface area contributed by atoms with Crippen molar-refractivity contribution < 1.29 is 9.59 Å². The lowest BCUT2D eigenvalue weighted by molar-refractivity contribution is -0.139. The Labute approximate surface area is 132 Å². The predicted molar refractivity (Wildman–Crippen MR) is 83.3 cm³/mol. The lowest BCUT2D eigenvalue weighted by atomic mass is 9.89. The molecule has 0 aromatic rings. The fourth-order valence-electron chi connectivity index (χ4n) is 4.21. The summed E-state index contributed by atoms with van der Waals surface area (Å²) in [5.41, 5.74) is 0. The summed E-state index contributed by atoms with van der Waals surface area (Å²) in [7, 11) is 1.65. The van der Waals surface area contributed by atoms with Crippen LogP contribution in [0.1, 0.15) is 44.9 Å². The van der Waals surface area contributed by atoms with Gasteiger partial charge >= 0.3 is 0 Å². The summed E-state index contributed by atoms with van der Waals surface area (Å²) in [4.78, 5) is 26.1. The zero-order chi connectivity index (χ0) is 14.1. The number of halogens is 1. The highest BCUT2D eigenvalue weighted by atomic mass is 35.5. The lowest BCUT2D eigenvalue weighted by Gasteiger charge is -2.31. The van der Waals surface area contributed by atoms with E-state index in [1.54, 1.807) is 7.05 Å². The number of fused-ring (bicyclic) bond motifs is 2. The zero-order valence-electron chi connectivity index (χ0n) is 12.6. The van der Waals surface area contributed by atoms with E-state index in [9.17, 15) is 9.59 Å². The van der Waals surface area contributed by atoms with Crippen LogP contribution in [0, 0.1) is 5.92 Å². The van der Waals surface area contributed by atoms with Gasteiger partial charge in [-0.1, -0.05) is 0 Å². The Bertz CT molecular complexity index is 392. The number of likely N-dealkylation sites (N-methyl/N-ethyl adjacent to an activating group) is 1. The average molecular weight is 316 g/mol. The van der Waals surface area contributed by atoms with Crippen molar-refractivity contribution >= 4 is 24.2 Å². The maximum Gasteiger partial charge on any atom is 0.242 e. The summed E-state index contributed by atoms with van der Waals surface area (Å²) in [6, 6.07) is 1.02. The number of nitrogens with one attached hydrogen (secondary N) is 2. The quantitative estimate of drug-likeness (QED) is 0.819. The number of nitrogens with zero attached hydrogens (tertiary/aromatic N) is 1. The van der Waals surface area contributed by atoms with E-state index in [0.717, 1.165) is 32.2 Å². The molecule has 0 aromatic heterocycles. The number of piperidine rings is 1. The highest BCUT2D eigenvalue weighted by Crippen LogP contribution is 2.33. The van der Waals surface area contributed by atoms with Crippen LogP contribution in [0.25, 0.3) is 0 Å². The Morgan fingerprint density at radius 1 is 1.19 bits per heavy atom. The lowest BCUT2D eigenvalue weighted by Crippen LogP contribution is -2.46.